The summed E-state index contributed by atoms with van der Waals surface area (Å²) in [6.07, 6.45) is 0. The Labute approximate surface area is 175 Å². The molecular formula is C22H27N3O3S. The number of anilines is 1. The van der Waals surface area contributed by atoms with Crippen LogP contribution in [0.4, 0.5) is 5.13 Å². The molecule has 0 bridgehead atoms. The number of thiazole rings is 1. The number of hydrogen-bond acceptors (Lipinski definition) is 6. The second-order valence-corrected chi connectivity index (χ2v) is 7.47. The van der Waals surface area contributed by atoms with E-state index in [0.29, 0.717) is 28.5 Å². The summed E-state index contributed by atoms with van der Waals surface area (Å²) in [4.78, 5) is 22.2. The second kappa shape index (κ2) is 9.71. The number of fused-ring (bicyclic) bond motifs is 1. The van der Waals surface area contributed by atoms with Crippen molar-refractivity contribution in [3.8, 4) is 11.5 Å². The van der Waals surface area contributed by atoms with E-state index >= 15 is 0 Å². The van der Waals surface area contributed by atoms with Crippen molar-refractivity contribution in [2.75, 3.05) is 45.3 Å². The molecule has 2 aromatic carbocycles. The van der Waals surface area contributed by atoms with Gasteiger partial charge in [0, 0.05) is 18.7 Å². The number of methoxy groups -OCH3 is 2. The first-order valence-electron chi connectivity index (χ1n) is 9.73. The Morgan fingerprint density at radius 1 is 0.966 bits per heavy atom. The van der Waals surface area contributed by atoms with Gasteiger partial charge in [0.15, 0.2) is 5.13 Å². The molecule has 0 aliphatic rings. The molecule has 154 valence electrons. The molecule has 0 aliphatic heterocycles. The van der Waals surface area contributed by atoms with Gasteiger partial charge in [-0.3, -0.25) is 9.69 Å². The minimum Gasteiger partial charge on any atom is -0.495 e. The van der Waals surface area contributed by atoms with Crippen molar-refractivity contribution in [1.82, 2.24) is 9.88 Å². The highest BCUT2D eigenvalue weighted by Crippen LogP contribution is 2.40. The molecule has 29 heavy (non-hydrogen) atoms. The Kier molecular flexibility index (Phi) is 7.06. The molecule has 0 aliphatic carbocycles. The van der Waals surface area contributed by atoms with Gasteiger partial charge in [-0.15, -0.1) is 0 Å². The lowest BCUT2D eigenvalue weighted by Gasteiger charge is -2.24. The molecule has 7 heteroatoms. The molecule has 0 saturated heterocycles. The van der Waals surface area contributed by atoms with E-state index in [0.717, 1.165) is 30.1 Å². The van der Waals surface area contributed by atoms with Crippen LogP contribution in [0.1, 0.15) is 24.2 Å². The standard InChI is InChI=1S/C22H27N3O3S/c1-5-24(6-2)14-15-25(21(26)16-10-8-7-9-11-16)22-23-19-17(27-3)12-13-18(28-4)20(19)29-22/h7-13H,5-6,14-15H2,1-4H3. The molecule has 0 spiro atoms. The Bertz CT molecular complexity index is 914. The van der Waals surface area contributed by atoms with E-state index in [-0.39, 0.29) is 5.91 Å². The number of likely N-dealkylation sites (N-methyl/N-ethyl adjacent to an activating group) is 1. The molecule has 0 fully saturated rings. The van der Waals surface area contributed by atoms with E-state index in [1.54, 1.807) is 19.1 Å². The summed E-state index contributed by atoms with van der Waals surface area (Å²) in [5.41, 5.74) is 1.35. The average Bonchev–Trinajstić information content (AvgIpc) is 3.21. The van der Waals surface area contributed by atoms with Crippen molar-refractivity contribution in [2.45, 2.75) is 13.8 Å². The van der Waals surface area contributed by atoms with Crippen molar-refractivity contribution in [3.05, 3.63) is 48.0 Å². The first-order valence-corrected chi connectivity index (χ1v) is 10.5. The third-order valence-electron chi connectivity index (χ3n) is 4.93. The molecule has 1 aromatic heterocycles. The molecule has 1 amide bonds. The maximum atomic E-state index is 13.3. The SMILES string of the molecule is CCN(CC)CCN(C(=O)c1ccccc1)c1nc2c(OC)ccc(OC)c2s1. The lowest BCUT2D eigenvalue weighted by Crippen LogP contribution is -2.38. The highest BCUT2D eigenvalue weighted by Gasteiger charge is 2.24. The maximum Gasteiger partial charge on any atom is 0.260 e. The summed E-state index contributed by atoms with van der Waals surface area (Å²) in [5, 5.41) is 0.642. The Balaban J connectivity index is 2.04. The minimum absolute atomic E-state index is 0.0604. The van der Waals surface area contributed by atoms with E-state index < -0.39 is 0 Å². The number of carbonyl (C=O) groups is 1. The van der Waals surface area contributed by atoms with Gasteiger partial charge in [0.2, 0.25) is 0 Å². The van der Waals surface area contributed by atoms with Crippen LogP contribution in [-0.4, -0.2) is 56.2 Å². The van der Waals surface area contributed by atoms with Crippen LogP contribution in [0.3, 0.4) is 0 Å². The summed E-state index contributed by atoms with van der Waals surface area (Å²) in [5.74, 6) is 1.33. The van der Waals surface area contributed by atoms with E-state index in [1.807, 2.05) is 42.5 Å². The van der Waals surface area contributed by atoms with Gasteiger partial charge in [-0.05, 0) is 37.4 Å². The summed E-state index contributed by atoms with van der Waals surface area (Å²) in [7, 11) is 3.25. The smallest absolute Gasteiger partial charge is 0.260 e. The zero-order chi connectivity index (χ0) is 20.8. The molecule has 0 unspecified atom stereocenters. The van der Waals surface area contributed by atoms with E-state index in [1.165, 1.54) is 11.3 Å². The lowest BCUT2D eigenvalue weighted by atomic mass is 10.2. The second-order valence-electron chi connectivity index (χ2n) is 6.49. The fourth-order valence-corrected chi connectivity index (χ4v) is 4.29. The number of aromatic nitrogens is 1. The number of nitrogens with zero attached hydrogens (tertiary/aromatic N) is 3. The van der Waals surface area contributed by atoms with Gasteiger partial charge in [-0.1, -0.05) is 43.4 Å². The number of benzene rings is 2. The van der Waals surface area contributed by atoms with Crippen LogP contribution in [0.5, 0.6) is 11.5 Å². The topological polar surface area (TPSA) is 54.9 Å². The van der Waals surface area contributed by atoms with Gasteiger partial charge in [0.25, 0.3) is 5.91 Å². The Morgan fingerprint density at radius 2 is 1.62 bits per heavy atom. The van der Waals surface area contributed by atoms with E-state index in [2.05, 4.69) is 18.7 Å². The third-order valence-corrected chi connectivity index (χ3v) is 6.02. The maximum absolute atomic E-state index is 13.3. The molecule has 0 N–H and O–H groups in total. The van der Waals surface area contributed by atoms with Crippen LogP contribution in [0.2, 0.25) is 0 Å². The highest BCUT2D eigenvalue weighted by atomic mass is 32.1. The number of ether oxygens (including phenoxy) is 2. The number of carbonyl (C=O) groups excluding carboxylic acids is 1. The highest BCUT2D eigenvalue weighted by molar-refractivity contribution is 7.22. The first-order chi connectivity index (χ1) is 14.1. The van der Waals surface area contributed by atoms with Crippen molar-refractivity contribution >= 4 is 32.6 Å². The van der Waals surface area contributed by atoms with Crippen molar-refractivity contribution in [3.63, 3.8) is 0 Å². The molecule has 0 atom stereocenters. The molecular weight excluding hydrogens is 386 g/mol. The van der Waals surface area contributed by atoms with Gasteiger partial charge in [0.05, 0.1) is 14.2 Å². The van der Waals surface area contributed by atoms with Crippen LogP contribution in [-0.2, 0) is 0 Å². The molecule has 0 radical (unpaired) electrons. The summed E-state index contributed by atoms with van der Waals surface area (Å²) in [6.45, 7) is 7.45. The Morgan fingerprint density at radius 3 is 2.24 bits per heavy atom. The Hall–Kier alpha value is -2.64. The van der Waals surface area contributed by atoms with Crippen LogP contribution < -0.4 is 14.4 Å². The predicted molar refractivity (Wildman–Crippen MR) is 119 cm³/mol. The predicted octanol–water partition coefficient (Wildman–Crippen LogP) is 4.30. The van der Waals surface area contributed by atoms with Crippen LogP contribution in [0, 0.1) is 0 Å². The fourth-order valence-electron chi connectivity index (χ4n) is 3.19. The van der Waals surface area contributed by atoms with Crippen LogP contribution in [0.25, 0.3) is 10.2 Å². The van der Waals surface area contributed by atoms with Gasteiger partial charge in [0.1, 0.15) is 21.7 Å². The minimum atomic E-state index is -0.0604. The van der Waals surface area contributed by atoms with E-state index in [9.17, 15) is 4.79 Å². The summed E-state index contributed by atoms with van der Waals surface area (Å²) in [6, 6.07) is 13.0. The fraction of sp³-hybridized carbons (Fsp3) is 0.364. The zero-order valence-corrected chi connectivity index (χ0v) is 18.2. The lowest BCUT2D eigenvalue weighted by molar-refractivity contribution is 0.0984. The number of rotatable bonds is 9. The van der Waals surface area contributed by atoms with Crippen molar-refractivity contribution in [1.29, 1.82) is 0 Å². The zero-order valence-electron chi connectivity index (χ0n) is 17.3. The van der Waals surface area contributed by atoms with E-state index in [4.69, 9.17) is 14.5 Å². The number of amides is 1. The molecule has 3 rings (SSSR count). The van der Waals surface area contributed by atoms with Crippen LogP contribution >= 0.6 is 11.3 Å². The monoisotopic (exact) mass is 413 g/mol. The third kappa shape index (κ3) is 4.52. The summed E-state index contributed by atoms with van der Waals surface area (Å²) >= 11 is 1.45. The summed E-state index contributed by atoms with van der Waals surface area (Å²) < 4.78 is 11.8. The molecule has 3 aromatic rings. The van der Waals surface area contributed by atoms with Crippen LogP contribution in [0.15, 0.2) is 42.5 Å². The largest absolute Gasteiger partial charge is 0.495 e. The number of hydrogen-bond donors (Lipinski definition) is 0. The molecule has 1 heterocycles. The van der Waals surface area contributed by atoms with Crippen molar-refractivity contribution in [2.24, 2.45) is 0 Å². The molecule has 6 nitrogen and oxygen atoms in total. The average molecular weight is 414 g/mol. The van der Waals surface area contributed by atoms with Crippen molar-refractivity contribution < 1.29 is 14.3 Å². The normalized spacial score (nSPS) is 11.1. The van der Waals surface area contributed by atoms with Gasteiger partial charge >= 0.3 is 0 Å². The van der Waals surface area contributed by atoms with Gasteiger partial charge in [-0.25, -0.2) is 4.98 Å². The van der Waals surface area contributed by atoms with Gasteiger partial charge < -0.3 is 14.4 Å². The molecule has 0 saturated carbocycles. The quantitative estimate of drug-likeness (QED) is 0.523. The first kappa shape index (κ1) is 21.1. The van der Waals surface area contributed by atoms with Gasteiger partial charge in [-0.2, -0.15) is 0 Å².